The van der Waals surface area contributed by atoms with Gasteiger partial charge in [0.05, 0.1) is 0 Å². The van der Waals surface area contributed by atoms with Crippen LogP contribution in [0.2, 0.25) is 0 Å². The summed E-state index contributed by atoms with van der Waals surface area (Å²) in [7, 11) is 0. The average Bonchev–Trinajstić information content (AvgIpc) is 2.37. The van der Waals surface area contributed by atoms with Gasteiger partial charge in [0.1, 0.15) is 0 Å². The second-order valence-corrected chi connectivity index (χ2v) is 5.19. The van der Waals surface area contributed by atoms with Gasteiger partial charge in [-0.25, -0.2) is 0 Å². The first-order valence-corrected chi connectivity index (χ1v) is 7.33. The van der Waals surface area contributed by atoms with E-state index in [1.54, 1.807) is 0 Å². The van der Waals surface area contributed by atoms with E-state index in [2.05, 4.69) is 24.5 Å². The van der Waals surface area contributed by atoms with E-state index in [0.717, 1.165) is 52.0 Å². The van der Waals surface area contributed by atoms with Crippen LogP contribution in [-0.4, -0.2) is 38.3 Å². The standard InChI is InChI=1S/C14H28N2O2/c1-3-4-9-18-10-5-7-16-14(17)13-6-8-15-12(2)11-13/h12-13,15H,3-11H2,1-2H3,(H,16,17). The molecule has 1 rings (SSSR count). The minimum Gasteiger partial charge on any atom is -0.381 e. The Hall–Kier alpha value is -0.610. The summed E-state index contributed by atoms with van der Waals surface area (Å²) in [6.07, 6.45) is 5.13. The van der Waals surface area contributed by atoms with Gasteiger partial charge < -0.3 is 15.4 Å². The predicted octanol–water partition coefficient (Wildman–Crippen LogP) is 1.70. The van der Waals surface area contributed by atoms with Crippen molar-refractivity contribution in [3.05, 3.63) is 0 Å². The van der Waals surface area contributed by atoms with E-state index in [-0.39, 0.29) is 11.8 Å². The van der Waals surface area contributed by atoms with Crippen molar-refractivity contribution in [2.45, 2.75) is 52.0 Å². The predicted molar refractivity (Wildman–Crippen MR) is 73.5 cm³/mol. The second-order valence-electron chi connectivity index (χ2n) is 5.19. The van der Waals surface area contributed by atoms with Crippen LogP contribution in [-0.2, 0) is 9.53 Å². The van der Waals surface area contributed by atoms with Gasteiger partial charge in [0.2, 0.25) is 5.91 Å². The number of unbranched alkanes of at least 4 members (excludes halogenated alkanes) is 1. The van der Waals surface area contributed by atoms with Crippen LogP contribution < -0.4 is 10.6 Å². The van der Waals surface area contributed by atoms with Gasteiger partial charge in [-0.3, -0.25) is 4.79 Å². The van der Waals surface area contributed by atoms with Crippen molar-refractivity contribution in [2.75, 3.05) is 26.3 Å². The zero-order valence-electron chi connectivity index (χ0n) is 11.8. The lowest BCUT2D eigenvalue weighted by molar-refractivity contribution is -0.126. The number of carbonyl (C=O) groups excluding carboxylic acids is 1. The van der Waals surface area contributed by atoms with Gasteiger partial charge in [0.15, 0.2) is 0 Å². The first-order valence-electron chi connectivity index (χ1n) is 7.33. The van der Waals surface area contributed by atoms with Crippen molar-refractivity contribution in [3.63, 3.8) is 0 Å². The van der Waals surface area contributed by atoms with Crippen LogP contribution in [0.1, 0.15) is 46.0 Å². The monoisotopic (exact) mass is 256 g/mol. The lowest BCUT2D eigenvalue weighted by atomic mass is 9.92. The summed E-state index contributed by atoms with van der Waals surface area (Å²) >= 11 is 0. The zero-order chi connectivity index (χ0) is 13.2. The SMILES string of the molecule is CCCCOCCCNC(=O)C1CCNC(C)C1. The summed E-state index contributed by atoms with van der Waals surface area (Å²) in [5.74, 6) is 0.416. The Morgan fingerprint density at radius 1 is 1.39 bits per heavy atom. The molecule has 1 aliphatic heterocycles. The van der Waals surface area contributed by atoms with E-state index in [0.29, 0.717) is 6.04 Å². The van der Waals surface area contributed by atoms with Gasteiger partial charge in [-0.1, -0.05) is 13.3 Å². The minimum atomic E-state index is 0.197. The molecule has 106 valence electrons. The fourth-order valence-corrected chi connectivity index (χ4v) is 2.25. The molecule has 0 bridgehead atoms. The minimum absolute atomic E-state index is 0.197. The Bertz CT molecular complexity index is 234. The van der Waals surface area contributed by atoms with Gasteiger partial charge in [-0.05, 0) is 39.2 Å². The maximum absolute atomic E-state index is 11.9. The van der Waals surface area contributed by atoms with Crippen LogP contribution in [0.4, 0.5) is 0 Å². The van der Waals surface area contributed by atoms with Crippen LogP contribution in [0.5, 0.6) is 0 Å². The summed E-state index contributed by atoms with van der Waals surface area (Å²) in [4.78, 5) is 11.9. The highest BCUT2D eigenvalue weighted by Crippen LogP contribution is 2.15. The Morgan fingerprint density at radius 2 is 2.17 bits per heavy atom. The van der Waals surface area contributed by atoms with Crippen LogP contribution in [0, 0.1) is 5.92 Å². The molecule has 18 heavy (non-hydrogen) atoms. The summed E-state index contributed by atoms with van der Waals surface area (Å²) in [5, 5.41) is 6.38. The second kappa shape index (κ2) is 9.34. The summed E-state index contributed by atoms with van der Waals surface area (Å²) in [5.41, 5.74) is 0. The molecule has 4 heteroatoms. The number of hydrogen-bond acceptors (Lipinski definition) is 3. The fraction of sp³-hybridized carbons (Fsp3) is 0.929. The quantitative estimate of drug-likeness (QED) is 0.650. The van der Waals surface area contributed by atoms with Crippen LogP contribution in [0.25, 0.3) is 0 Å². The van der Waals surface area contributed by atoms with E-state index in [4.69, 9.17) is 4.74 Å². The molecular weight excluding hydrogens is 228 g/mol. The largest absolute Gasteiger partial charge is 0.381 e. The summed E-state index contributed by atoms with van der Waals surface area (Å²) in [6, 6.07) is 0.465. The van der Waals surface area contributed by atoms with Crippen molar-refractivity contribution in [1.29, 1.82) is 0 Å². The average molecular weight is 256 g/mol. The molecule has 2 atom stereocenters. The highest BCUT2D eigenvalue weighted by Gasteiger charge is 2.23. The molecule has 0 aromatic carbocycles. The molecule has 2 unspecified atom stereocenters. The molecule has 0 aromatic rings. The maximum Gasteiger partial charge on any atom is 0.223 e. The lowest BCUT2D eigenvalue weighted by Crippen LogP contribution is -2.42. The normalized spacial score (nSPS) is 23.9. The van der Waals surface area contributed by atoms with E-state index < -0.39 is 0 Å². The van der Waals surface area contributed by atoms with E-state index in [9.17, 15) is 4.79 Å². The van der Waals surface area contributed by atoms with Gasteiger partial charge in [-0.15, -0.1) is 0 Å². The zero-order valence-corrected chi connectivity index (χ0v) is 11.8. The number of ether oxygens (including phenoxy) is 1. The number of piperidine rings is 1. The fourth-order valence-electron chi connectivity index (χ4n) is 2.25. The van der Waals surface area contributed by atoms with Gasteiger partial charge in [0, 0.05) is 31.7 Å². The van der Waals surface area contributed by atoms with Crippen molar-refractivity contribution in [2.24, 2.45) is 5.92 Å². The van der Waals surface area contributed by atoms with Crippen molar-refractivity contribution < 1.29 is 9.53 Å². The summed E-state index contributed by atoms with van der Waals surface area (Å²) in [6.45, 7) is 7.59. The molecule has 4 nitrogen and oxygen atoms in total. The highest BCUT2D eigenvalue weighted by molar-refractivity contribution is 5.78. The molecule has 0 spiro atoms. The third kappa shape index (κ3) is 6.36. The Morgan fingerprint density at radius 3 is 2.89 bits per heavy atom. The smallest absolute Gasteiger partial charge is 0.223 e. The van der Waals surface area contributed by atoms with Crippen molar-refractivity contribution in [3.8, 4) is 0 Å². The topological polar surface area (TPSA) is 50.4 Å². The molecule has 1 heterocycles. The molecule has 1 fully saturated rings. The highest BCUT2D eigenvalue weighted by atomic mass is 16.5. The van der Waals surface area contributed by atoms with E-state index in [1.165, 1.54) is 6.42 Å². The molecular formula is C14H28N2O2. The lowest BCUT2D eigenvalue weighted by Gasteiger charge is -2.27. The number of rotatable bonds is 8. The van der Waals surface area contributed by atoms with Crippen LogP contribution in [0.15, 0.2) is 0 Å². The molecule has 0 radical (unpaired) electrons. The van der Waals surface area contributed by atoms with E-state index in [1.807, 2.05) is 0 Å². The number of amides is 1. The number of carbonyl (C=O) groups is 1. The molecule has 0 aromatic heterocycles. The molecule has 2 N–H and O–H groups in total. The van der Waals surface area contributed by atoms with Crippen molar-refractivity contribution >= 4 is 5.91 Å². The number of nitrogens with one attached hydrogen (secondary N) is 2. The first-order chi connectivity index (χ1) is 8.74. The Labute approximate surface area is 111 Å². The third-order valence-corrected chi connectivity index (χ3v) is 3.40. The Kier molecular flexibility index (Phi) is 8.01. The van der Waals surface area contributed by atoms with Crippen LogP contribution >= 0.6 is 0 Å². The third-order valence-electron chi connectivity index (χ3n) is 3.40. The van der Waals surface area contributed by atoms with Crippen molar-refractivity contribution in [1.82, 2.24) is 10.6 Å². The first kappa shape index (κ1) is 15.4. The Balaban J connectivity index is 1.99. The molecule has 0 saturated carbocycles. The number of hydrogen-bond donors (Lipinski definition) is 2. The molecule has 0 aliphatic carbocycles. The molecule has 1 amide bonds. The summed E-state index contributed by atoms with van der Waals surface area (Å²) < 4.78 is 5.46. The van der Waals surface area contributed by atoms with E-state index >= 15 is 0 Å². The van der Waals surface area contributed by atoms with Crippen LogP contribution in [0.3, 0.4) is 0 Å². The van der Waals surface area contributed by atoms with Gasteiger partial charge in [0.25, 0.3) is 0 Å². The van der Waals surface area contributed by atoms with Gasteiger partial charge in [-0.2, -0.15) is 0 Å². The molecule has 1 aliphatic rings. The molecule has 1 saturated heterocycles. The van der Waals surface area contributed by atoms with Gasteiger partial charge >= 0.3 is 0 Å². The maximum atomic E-state index is 11.9.